The molecule has 0 unspecified atom stereocenters. The topological polar surface area (TPSA) is 62.9 Å². The number of ether oxygens (including phenoxy) is 4. The van der Waals surface area contributed by atoms with Crippen molar-refractivity contribution >= 4 is 5.69 Å². The first-order chi connectivity index (χ1) is 19.3. The van der Waals surface area contributed by atoms with Gasteiger partial charge in [0.15, 0.2) is 17.2 Å². The SMILES string of the molecule is COc1ccc2c(c1)CCc1ccc(c(N)c1)Oc1cc(ccc1OC(C)C)CCc1cc(OC(C)C)ccc1-2. The minimum atomic E-state index is 0.0238. The van der Waals surface area contributed by atoms with Gasteiger partial charge in [-0.15, -0.1) is 0 Å². The second kappa shape index (κ2) is 12.0. The van der Waals surface area contributed by atoms with Gasteiger partial charge < -0.3 is 24.7 Å². The van der Waals surface area contributed by atoms with Crippen LogP contribution in [0.1, 0.15) is 49.9 Å². The Hall–Kier alpha value is -4.12. The molecule has 2 heterocycles. The van der Waals surface area contributed by atoms with Crippen LogP contribution in [0.25, 0.3) is 11.1 Å². The van der Waals surface area contributed by atoms with Gasteiger partial charge in [-0.3, -0.25) is 0 Å². The summed E-state index contributed by atoms with van der Waals surface area (Å²) in [5, 5.41) is 0. The summed E-state index contributed by atoms with van der Waals surface area (Å²) in [6, 6.07) is 25.1. The number of benzene rings is 4. The van der Waals surface area contributed by atoms with E-state index in [2.05, 4.69) is 62.4 Å². The maximum Gasteiger partial charge on any atom is 0.169 e. The van der Waals surface area contributed by atoms with Gasteiger partial charge in [-0.25, -0.2) is 0 Å². The van der Waals surface area contributed by atoms with Gasteiger partial charge in [-0.1, -0.05) is 24.3 Å². The standard InChI is InChI=1S/C35H39NO4/c1-22(2)38-29-13-15-31-27(21-29)11-7-25-9-17-34(39-23(3)4)35(19-25)40-33-16-8-24(18-32(33)36)6-10-26-20-28(37-5)12-14-30(26)31/h8-9,12-23H,6-7,10-11,36H2,1-5H3. The lowest BCUT2D eigenvalue weighted by Gasteiger charge is -2.20. The molecule has 0 saturated heterocycles. The van der Waals surface area contributed by atoms with Gasteiger partial charge in [-0.2, -0.15) is 0 Å². The summed E-state index contributed by atoms with van der Waals surface area (Å²) in [7, 11) is 1.71. The highest BCUT2D eigenvalue weighted by Gasteiger charge is 2.17. The van der Waals surface area contributed by atoms with E-state index in [0.29, 0.717) is 22.9 Å². The predicted molar refractivity (Wildman–Crippen MR) is 162 cm³/mol. The third-order valence-corrected chi connectivity index (χ3v) is 7.08. The fourth-order valence-corrected chi connectivity index (χ4v) is 5.21. The van der Waals surface area contributed by atoms with Gasteiger partial charge >= 0.3 is 0 Å². The molecule has 6 rings (SSSR count). The molecule has 4 aromatic rings. The van der Waals surface area contributed by atoms with E-state index in [4.69, 9.17) is 24.7 Å². The second-order valence-electron chi connectivity index (χ2n) is 10.9. The van der Waals surface area contributed by atoms with Crippen LogP contribution in [0.15, 0.2) is 72.8 Å². The van der Waals surface area contributed by atoms with E-state index >= 15 is 0 Å². The minimum absolute atomic E-state index is 0.0238. The van der Waals surface area contributed by atoms with E-state index in [0.717, 1.165) is 48.3 Å². The Bertz CT molecular complexity index is 1490. The van der Waals surface area contributed by atoms with Gasteiger partial charge in [0.1, 0.15) is 11.5 Å². The van der Waals surface area contributed by atoms with E-state index in [9.17, 15) is 0 Å². The van der Waals surface area contributed by atoms with Crippen LogP contribution in [0.3, 0.4) is 0 Å². The van der Waals surface area contributed by atoms with Crippen molar-refractivity contribution in [3.63, 3.8) is 0 Å². The maximum absolute atomic E-state index is 6.49. The minimum Gasteiger partial charge on any atom is -0.497 e. The molecule has 4 bridgehead atoms. The number of nitrogens with two attached hydrogens (primary N) is 1. The van der Waals surface area contributed by atoms with Crippen molar-refractivity contribution in [2.24, 2.45) is 0 Å². The van der Waals surface area contributed by atoms with Crippen LogP contribution < -0.4 is 24.7 Å². The number of nitrogen functional groups attached to an aromatic ring is 1. The number of hydrogen-bond donors (Lipinski definition) is 1. The molecule has 0 amide bonds. The Morgan fingerprint density at radius 2 is 1.23 bits per heavy atom. The summed E-state index contributed by atoms with van der Waals surface area (Å²) in [6.45, 7) is 8.14. The second-order valence-corrected chi connectivity index (χ2v) is 10.9. The zero-order valence-corrected chi connectivity index (χ0v) is 24.1. The Morgan fingerprint density at radius 1 is 0.625 bits per heavy atom. The van der Waals surface area contributed by atoms with Crippen molar-refractivity contribution < 1.29 is 18.9 Å². The Morgan fingerprint density at radius 3 is 1.85 bits per heavy atom. The van der Waals surface area contributed by atoms with Crippen molar-refractivity contribution in [2.75, 3.05) is 12.8 Å². The molecule has 208 valence electrons. The highest BCUT2D eigenvalue weighted by Crippen LogP contribution is 2.38. The molecular formula is C35H39NO4. The Kier molecular flexibility index (Phi) is 8.20. The van der Waals surface area contributed by atoms with E-state index < -0.39 is 0 Å². The van der Waals surface area contributed by atoms with Crippen LogP contribution in [0.2, 0.25) is 0 Å². The van der Waals surface area contributed by atoms with Gasteiger partial charge in [0, 0.05) is 0 Å². The smallest absolute Gasteiger partial charge is 0.169 e. The molecule has 0 saturated carbocycles. The van der Waals surface area contributed by atoms with E-state index in [1.165, 1.54) is 22.3 Å². The number of hydrogen-bond acceptors (Lipinski definition) is 5. The van der Waals surface area contributed by atoms with Crippen LogP contribution in [-0.4, -0.2) is 19.3 Å². The zero-order valence-electron chi connectivity index (χ0n) is 24.1. The molecule has 40 heavy (non-hydrogen) atoms. The normalized spacial score (nSPS) is 13.0. The van der Waals surface area contributed by atoms with Crippen molar-refractivity contribution in [1.82, 2.24) is 0 Å². The van der Waals surface area contributed by atoms with E-state index in [1.807, 2.05) is 38.1 Å². The summed E-state index contributed by atoms with van der Waals surface area (Å²) in [5.41, 5.74) is 14.3. The summed E-state index contributed by atoms with van der Waals surface area (Å²) in [5.74, 6) is 3.75. The van der Waals surface area contributed by atoms with Crippen LogP contribution in [0.5, 0.6) is 28.7 Å². The molecule has 5 heteroatoms. The van der Waals surface area contributed by atoms with Gasteiger partial charge in [0.05, 0.1) is 25.0 Å². The van der Waals surface area contributed by atoms with Crippen LogP contribution in [0.4, 0.5) is 5.69 Å². The van der Waals surface area contributed by atoms with Gasteiger partial charge in [0.25, 0.3) is 0 Å². The average Bonchev–Trinajstić information content (AvgIpc) is 2.92. The predicted octanol–water partition coefficient (Wildman–Crippen LogP) is 8.19. The monoisotopic (exact) mass is 537 g/mol. The lowest BCUT2D eigenvalue weighted by atomic mass is 9.89. The average molecular weight is 538 g/mol. The molecule has 0 radical (unpaired) electrons. The lowest BCUT2D eigenvalue weighted by Crippen LogP contribution is -2.08. The highest BCUT2D eigenvalue weighted by molar-refractivity contribution is 5.73. The Balaban J connectivity index is 1.64. The van der Waals surface area contributed by atoms with Gasteiger partial charge in [-0.05, 0) is 135 Å². The molecule has 0 aromatic heterocycles. The molecule has 0 atom stereocenters. The van der Waals surface area contributed by atoms with Gasteiger partial charge in [0.2, 0.25) is 0 Å². The van der Waals surface area contributed by atoms with Crippen molar-refractivity contribution in [1.29, 1.82) is 0 Å². The quantitative estimate of drug-likeness (QED) is 0.260. The third kappa shape index (κ3) is 6.36. The summed E-state index contributed by atoms with van der Waals surface area (Å²) in [4.78, 5) is 0. The molecule has 4 aromatic carbocycles. The number of methoxy groups -OCH3 is 1. The molecule has 0 spiro atoms. The number of anilines is 1. The first-order valence-corrected chi connectivity index (χ1v) is 14.1. The van der Waals surface area contributed by atoms with Crippen LogP contribution in [0, 0.1) is 0 Å². The number of fused-ring (bicyclic) bond motifs is 4. The molecule has 5 nitrogen and oxygen atoms in total. The van der Waals surface area contributed by atoms with Crippen molar-refractivity contribution in [3.05, 3.63) is 95.1 Å². The molecule has 2 N–H and O–H groups in total. The van der Waals surface area contributed by atoms with Crippen molar-refractivity contribution in [2.45, 2.75) is 65.6 Å². The summed E-state index contributed by atoms with van der Waals surface area (Å²) in [6.07, 6.45) is 3.49. The van der Waals surface area contributed by atoms with Crippen LogP contribution in [-0.2, 0) is 25.7 Å². The molecule has 0 aliphatic carbocycles. The molecule has 0 fully saturated rings. The zero-order chi connectivity index (χ0) is 28.2. The largest absolute Gasteiger partial charge is 0.497 e. The Labute approximate surface area is 237 Å². The van der Waals surface area contributed by atoms with E-state index in [1.54, 1.807) is 7.11 Å². The maximum atomic E-state index is 6.49. The molecule has 2 aliphatic heterocycles. The highest BCUT2D eigenvalue weighted by atomic mass is 16.5. The van der Waals surface area contributed by atoms with E-state index in [-0.39, 0.29) is 12.2 Å². The van der Waals surface area contributed by atoms with Crippen molar-refractivity contribution in [3.8, 4) is 39.9 Å². The first-order valence-electron chi connectivity index (χ1n) is 14.1. The molecular weight excluding hydrogens is 498 g/mol. The first kappa shape index (κ1) is 27.4. The lowest BCUT2D eigenvalue weighted by molar-refractivity contribution is 0.233. The summed E-state index contributed by atoms with van der Waals surface area (Å²) < 4.78 is 24.2. The molecule has 2 aliphatic rings. The van der Waals surface area contributed by atoms with Crippen LogP contribution >= 0.6 is 0 Å². The number of aryl methyl sites for hydroxylation is 4. The third-order valence-electron chi connectivity index (χ3n) is 7.08. The fraction of sp³-hybridized carbons (Fsp3) is 0.314. The summed E-state index contributed by atoms with van der Waals surface area (Å²) >= 11 is 0. The number of rotatable bonds is 5. The fourth-order valence-electron chi connectivity index (χ4n) is 5.21.